The van der Waals surface area contributed by atoms with Crippen LogP contribution in [0.4, 0.5) is 0 Å². The average molecular weight is 396 g/mol. The van der Waals surface area contributed by atoms with Crippen LogP contribution in [0.25, 0.3) is 16.6 Å². The van der Waals surface area contributed by atoms with Crippen molar-refractivity contribution in [3.63, 3.8) is 0 Å². The number of carbonyl (C=O) groups excluding carboxylic acids is 1. The summed E-state index contributed by atoms with van der Waals surface area (Å²) < 4.78 is 2.15. The summed E-state index contributed by atoms with van der Waals surface area (Å²) in [7, 11) is 0. The van der Waals surface area contributed by atoms with Gasteiger partial charge in [-0.05, 0) is 68.8 Å². The van der Waals surface area contributed by atoms with Gasteiger partial charge in [-0.1, -0.05) is 30.2 Å². The number of ketones is 1. The zero-order valence-electron chi connectivity index (χ0n) is 16.2. The molecule has 3 aromatic rings. The standard InChI is InChI=1S/C23H26ClN3O/c1-16-23(22(28)15-26-11-3-2-4-12-26)20-10-5-17(14-25)13-21(20)27(16)19-8-6-18(24)7-9-19/h5-10,13H,2-4,11-12,14-15,25H2,1H3. The molecular formula is C23H26ClN3O. The van der Waals surface area contributed by atoms with E-state index in [-0.39, 0.29) is 5.78 Å². The zero-order valence-corrected chi connectivity index (χ0v) is 17.0. The lowest BCUT2D eigenvalue weighted by Gasteiger charge is -2.25. The van der Waals surface area contributed by atoms with Crippen molar-refractivity contribution in [3.05, 3.63) is 64.3 Å². The van der Waals surface area contributed by atoms with Gasteiger partial charge in [-0.15, -0.1) is 0 Å². The van der Waals surface area contributed by atoms with Gasteiger partial charge in [0.2, 0.25) is 0 Å². The van der Waals surface area contributed by atoms with Crippen LogP contribution < -0.4 is 5.73 Å². The number of hydrogen-bond donors (Lipinski definition) is 1. The molecule has 2 N–H and O–H groups in total. The van der Waals surface area contributed by atoms with E-state index in [4.69, 9.17) is 17.3 Å². The predicted molar refractivity (Wildman–Crippen MR) is 116 cm³/mol. The lowest BCUT2D eigenvalue weighted by atomic mass is 10.0. The molecule has 1 saturated heterocycles. The third-order valence-electron chi connectivity index (χ3n) is 5.68. The Balaban J connectivity index is 1.83. The topological polar surface area (TPSA) is 51.3 Å². The highest BCUT2D eigenvalue weighted by Crippen LogP contribution is 2.31. The molecule has 0 aliphatic carbocycles. The minimum atomic E-state index is 0.192. The van der Waals surface area contributed by atoms with Crippen LogP contribution in [0.1, 0.15) is 40.9 Å². The fraction of sp³-hybridized carbons (Fsp3) is 0.348. The molecule has 1 aliphatic heterocycles. The Bertz CT molecular complexity index is 1000. The number of rotatable bonds is 5. The summed E-state index contributed by atoms with van der Waals surface area (Å²) in [5, 5.41) is 1.69. The highest BCUT2D eigenvalue weighted by atomic mass is 35.5. The van der Waals surface area contributed by atoms with Crippen molar-refractivity contribution in [3.8, 4) is 5.69 Å². The molecule has 5 heteroatoms. The van der Waals surface area contributed by atoms with Gasteiger partial charge in [0, 0.05) is 33.9 Å². The highest BCUT2D eigenvalue weighted by molar-refractivity contribution is 6.30. The largest absolute Gasteiger partial charge is 0.326 e. The third kappa shape index (κ3) is 3.60. The first-order valence-electron chi connectivity index (χ1n) is 9.94. The highest BCUT2D eigenvalue weighted by Gasteiger charge is 2.23. The van der Waals surface area contributed by atoms with Crippen molar-refractivity contribution in [2.75, 3.05) is 19.6 Å². The molecule has 2 aromatic carbocycles. The monoisotopic (exact) mass is 395 g/mol. The molecule has 0 radical (unpaired) electrons. The summed E-state index contributed by atoms with van der Waals surface area (Å²) in [6.07, 6.45) is 3.62. The number of aromatic nitrogens is 1. The van der Waals surface area contributed by atoms with Crippen LogP contribution in [0.2, 0.25) is 5.02 Å². The molecular weight excluding hydrogens is 370 g/mol. The molecule has 0 bridgehead atoms. The van der Waals surface area contributed by atoms with Gasteiger partial charge in [-0.3, -0.25) is 9.69 Å². The van der Waals surface area contributed by atoms with Crippen LogP contribution in [0.5, 0.6) is 0 Å². The Hall–Kier alpha value is -2.14. The van der Waals surface area contributed by atoms with E-state index in [0.29, 0.717) is 18.1 Å². The van der Waals surface area contributed by atoms with Crippen LogP contribution >= 0.6 is 11.6 Å². The second-order valence-electron chi connectivity index (χ2n) is 7.59. The molecule has 1 fully saturated rings. The quantitative estimate of drug-likeness (QED) is 0.636. The maximum absolute atomic E-state index is 13.3. The number of nitrogens with zero attached hydrogens (tertiary/aromatic N) is 2. The molecule has 0 atom stereocenters. The number of Topliss-reactive ketones (excluding diaryl/α,β-unsaturated/α-hetero) is 1. The predicted octanol–water partition coefficient (Wildman–Crippen LogP) is 4.72. The number of benzene rings is 2. The molecule has 0 amide bonds. The molecule has 4 nitrogen and oxygen atoms in total. The average Bonchev–Trinajstić information content (AvgIpc) is 3.00. The van der Waals surface area contributed by atoms with Gasteiger partial charge >= 0.3 is 0 Å². The van der Waals surface area contributed by atoms with Gasteiger partial charge in [0.15, 0.2) is 5.78 Å². The maximum Gasteiger partial charge on any atom is 0.179 e. The molecule has 2 heterocycles. The second-order valence-corrected chi connectivity index (χ2v) is 8.02. The zero-order chi connectivity index (χ0) is 19.7. The maximum atomic E-state index is 13.3. The first-order valence-corrected chi connectivity index (χ1v) is 10.3. The van der Waals surface area contributed by atoms with Crippen LogP contribution in [0.3, 0.4) is 0 Å². The number of hydrogen-bond acceptors (Lipinski definition) is 3. The van der Waals surface area contributed by atoms with Gasteiger partial charge in [0.05, 0.1) is 12.1 Å². The Labute approximate surface area is 170 Å². The number of halogens is 1. The van der Waals surface area contributed by atoms with E-state index in [0.717, 1.165) is 46.5 Å². The van der Waals surface area contributed by atoms with Crippen LogP contribution in [0.15, 0.2) is 42.5 Å². The van der Waals surface area contributed by atoms with E-state index in [2.05, 4.69) is 15.5 Å². The normalized spacial score (nSPS) is 15.2. The molecule has 0 saturated carbocycles. The summed E-state index contributed by atoms with van der Waals surface area (Å²) in [4.78, 5) is 15.6. The SMILES string of the molecule is Cc1c(C(=O)CN2CCCCC2)c2ccc(CN)cc2n1-c1ccc(Cl)cc1. The Morgan fingerprint density at radius 2 is 1.79 bits per heavy atom. The number of fused-ring (bicyclic) bond motifs is 1. The van der Waals surface area contributed by atoms with E-state index in [1.54, 1.807) is 0 Å². The molecule has 4 rings (SSSR count). The molecule has 1 aromatic heterocycles. The van der Waals surface area contributed by atoms with Crippen molar-refractivity contribution in [2.24, 2.45) is 5.73 Å². The number of likely N-dealkylation sites (tertiary alicyclic amines) is 1. The summed E-state index contributed by atoms with van der Waals surface area (Å²) in [5.74, 6) is 0.192. The van der Waals surface area contributed by atoms with E-state index in [1.807, 2.05) is 43.3 Å². The molecule has 0 unspecified atom stereocenters. The van der Waals surface area contributed by atoms with Crippen molar-refractivity contribution in [1.29, 1.82) is 0 Å². The Morgan fingerprint density at radius 3 is 2.46 bits per heavy atom. The van der Waals surface area contributed by atoms with E-state index >= 15 is 0 Å². The van der Waals surface area contributed by atoms with Gasteiger partial charge in [-0.25, -0.2) is 0 Å². The van der Waals surface area contributed by atoms with Crippen molar-refractivity contribution < 1.29 is 4.79 Å². The molecule has 146 valence electrons. The lowest BCUT2D eigenvalue weighted by molar-refractivity contribution is 0.0916. The lowest BCUT2D eigenvalue weighted by Crippen LogP contribution is -2.34. The first kappa shape index (κ1) is 19.2. The number of carbonyl (C=O) groups is 1. The summed E-state index contributed by atoms with van der Waals surface area (Å²) in [5.41, 5.74) is 10.7. The molecule has 1 aliphatic rings. The number of nitrogens with two attached hydrogens (primary N) is 1. The second kappa shape index (κ2) is 8.08. The van der Waals surface area contributed by atoms with Gasteiger partial charge in [0.1, 0.15) is 0 Å². The first-order chi connectivity index (χ1) is 13.6. The fourth-order valence-electron chi connectivity index (χ4n) is 4.26. The molecule has 0 spiro atoms. The van der Waals surface area contributed by atoms with Crippen LogP contribution in [-0.4, -0.2) is 34.9 Å². The minimum Gasteiger partial charge on any atom is -0.326 e. The minimum absolute atomic E-state index is 0.192. The molecule has 28 heavy (non-hydrogen) atoms. The summed E-state index contributed by atoms with van der Waals surface area (Å²) >= 11 is 6.08. The Kier molecular flexibility index (Phi) is 5.54. The van der Waals surface area contributed by atoms with Gasteiger partial charge in [-0.2, -0.15) is 0 Å². The van der Waals surface area contributed by atoms with Crippen LogP contribution in [0, 0.1) is 6.92 Å². The van der Waals surface area contributed by atoms with E-state index in [9.17, 15) is 4.79 Å². The van der Waals surface area contributed by atoms with Crippen LogP contribution in [-0.2, 0) is 6.54 Å². The van der Waals surface area contributed by atoms with Gasteiger partial charge < -0.3 is 10.3 Å². The smallest absolute Gasteiger partial charge is 0.179 e. The fourth-order valence-corrected chi connectivity index (χ4v) is 4.39. The van der Waals surface area contributed by atoms with Gasteiger partial charge in [0.25, 0.3) is 0 Å². The number of piperidine rings is 1. The van der Waals surface area contributed by atoms with Crippen molar-refractivity contribution in [1.82, 2.24) is 9.47 Å². The van der Waals surface area contributed by atoms with E-state index < -0.39 is 0 Å². The third-order valence-corrected chi connectivity index (χ3v) is 5.94. The van der Waals surface area contributed by atoms with Crippen molar-refractivity contribution >= 4 is 28.3 Å². The summed E-state index contributed by atoms with van der Waals surface area (Å²) in [6.45, 7) is 5.01. The van der Waals surface area contributed by atoms with Crippen molar-refractivity contribution in [2.45, 2.75) is 32.7 Å². The van der Waals surface area contributed by atoms with E-state index in [1.165, 1.54) is 19.3 Å². The summed E-state index contributed by atoms with van der Waals surface area (Å²) in [6, 6.07) is 13.9. The Morgan fingerprint density at radius 1 is 1.07 bits per heavy atom.